The first-order valence-electron chi connectivity index (χ1n) is 10.1. The number of carbonyl (C=O) groups is 1. The number of benzene rings is 1. The molecular weight excluding hydrogens is 398 g/mol. The molecule has 1 atom stereocenters. The number of piperidine rings is 1. The number of pyridine rings is 1. The van der Waals surface area contributed by atoms with Crippen LogP contribution in [-0.2, 0) is 4.79 Å². The summed E-state index contributed by atoms with van der Waals surface area (Å²) in [5.41, 5.74) is 1.82. The van der Waals surface area contributed by atoms with Gasteiger partial charge in [-0.15, -0.1) is 10.2 Å². The van der Waals surface area contributed by atoms with Crippen LogP contribution in [0.1, 0.15) is 26.2 Å². The Kier molecular flexibility index (Phi) is 6.32. The summed E-state index contributed by atoms with van der Waals surface area (Å²) in [6.45, 7) is 2.97. The van der Waals surface area contributed by atoms with Crippen molar-refractivity contribution in [3.05, 3.63) is 48.8 Å². The first kappa shape index (κ1) is 20.4. The highest BCUT2D eigenvalue weighted by atomic mass is 32.2. The van der Waals surface area contributed by atoms with Gasteiger partial charge in [0.1, 0.15) is 5.75 Å². The number of aromatic nitrogens is 4. The third kappa shape index (κ3) is 4.33. The second kappa shape index (κ2) is 9.30. The number of likely N-dealkylation sites (tertiary alicyclic amines) is 1. The quantitative estimate of drug-likeness (QED) is 0.561. The lowest BCUT2D eigenvalue weighted by Gasteiger charge is -2.33. The lowest BCUT2D eigenvalue weighted by Crippen LogP contribution is -2.42. The maximum absolute atomic E-state index is 12.8. The molecule has 1 amide bonds. The van der Waals surface area contributed by atoms with Crippen molar-refractivity contribution in [3.63, 3.8) is 0 Å². The lowest BCUT2D eigenvalue weighted by atomic mass is 10.0. The van der Waals surface area contributed by atoms with Crippen molar-refractivity contribution in [2.24, 2.45) is 0 Å². The summed E-state index contributed by atoms with van der Waals surface area (Å²) in [5, 5.41) is 9.51. The number of hydrogen-bond donors (Lipinski definition) is 0. The van der Waals surface area contributed by atoms with Gasteiger partial charge in [-0.05, 0) is 62.6 Å². The Bertz CT molecular complexity index is 991. The van der Waals surface area contributed by atoms with E-state index in [1.807, 2.05) is 45.9 Å². The van der Waals surface area contributed by atoms with Crippen LogP contribution in [0.25, 0.3) is 17.1 Å². The summed E-state index contributed by atoms with van der Waals surface area (Å²) in [4.78, 5) is 18.9. The van der Waals surface area contributed by atoms with Gasteiger partial charge in [0.25, 0.3) is 0 Å². The molecule has 30 heavy (non-hydrogen) atoms. The topological polar surface area (TPSA) is 73.1 Å². The van der Waals surface area contributed by atoms with Gasteiger partial charge in [-0.25, -0.2) is 0 Å². The largest absolute Gasteiger partial charge is 0.497 e. The molecule has 0 radical (unpaired) electrons. The molecule has 1 aliphatic rings. The molecule has 0 saturated carbocycles. The van der Waals surface area contributed by atoms with E-state index in [1.165, 1.54) is 18.2 Å². The van der Waals surface area contributed by atoms with E-state index in [0.29, 0.717) is 22.8 Å². The SMILES string of the molecule is COc1ccc(-n2c(SCC(=O)N3CCCC[C@@H]3C)nnc2-c2ccncc2)cc1. The van der Waals surface area contributed by atoms with Crippen molar-refractivity contribution in [2.75, 3.05) is 19.4 Å². The lowest BCUT2D eigenvalue weighted by molar-refractivity contribution is -0.131. The highest BCUT2D eigenvalue weighted by molar-refractivity contribution is 7.99. The van der Waals surface area contributed by atoms with Crippen LogP contribution >= 0.6 is 11.8 Å². The second-order valence-electron chi connectivity index (χ2n) is 7.30. The molecule has 0 N–H and O–H groups in total. The van der Waals surface area contributed by atoms with Crippen LogP contribution in [0, 0.1) is 0 Å². The summed E-state index contributed by atoms with van der Waals surface area (Å²) in [6, 6.07) is 11.8. The number of amides is 1. The van der Waals surface area contributed by atoms with E-state index >= 15 is 0 Å². The zero-order valence-electron chi connectivity index (χ0n) is 17.2. The first-order chi connectivity index (χ1) is 14.7. The summed E-state index contributed by atoms with van der Waals surface area (Å²) in [5.74, 6) is 1.99. The Labute approximate surface area is 180 Å². The summed E-state index contributed by atoms with van der Waals surface area (Å²) >= 11 is 1.42. The number of nitrogens with zero attached hydrogens (tertiary/aromatic N) is 5. The van der Waals surface area contributed by atoms with E-state index in [4.69, 9.17) is 4.74 Å². The molecule has 1 fully saturated rings. The molecule has 8 heteroatoms. The van der Waals surface area contributed by atoms with Gasteiger partial charge in [0.2, 0.25) is 5.91 Å². The van der Waals surface area contributed by atoms with Crippen LogP contribution in [0.2, 0.25) is 0 Å². The van der Waals surface area contributed by atoms with Crippen molar-refractivity contribution in [1.29, 1.82) is 0 Å². The van der Waals surface area contributed by atoms with Crippen molar-refractivity contribution in [2.45, 2.75) is 37.4 Å². The van der Waals surface area contributed by atoms with Gasteiger partial charge in [0.05, 0.1) is 12.9 Å². The Morgan fingerprint density at radius 3 is 2.60 bits per heavy atom. The zero-order chi connectivity index (χ0) is 20.9. The van der Waals surface area contributed by atoms with Gasteiger partial charge in [-0.1, -0.05) is 11.8 Å². The van der Waals surface area contributed by atoms with E-state index in [1.54, 1.807) is 19.5 Å². The molecule has 0 unspecified atom stereocenters. The fourth-order valence-electron chi connectivity index (χ4n) is 3.69. The molecule has 3 aromatic rings. The molecule has 7 nitrogen and oxygen atoms in total. The summed E-state index contributed by atoms with van der Waals surface area (Å²) in [6.07, 6.45) is 6.81. The Balaban J connectivity index is 1.62. The van der Waals surface area contributed by atoms with Crippen LogP contribution in [0.15, 0.2) is 53.9 Å². The summed E-state index contributed by atoms with van der Waals surface area (Å²) < 4.78 is 7.26. The van der Waals surface area contributed by atoms with E-state index in [2.05, 4.69) is 22.1 Å². The molecule has 3 heterocycles. The van der Waals surface area contributed by atoms with Crippen LogP contribution < -0.4 is 4.74 Å². The summed E-state index contributed by atoms with van der Waals surface area (Å²) in [7, 11) is 1.64. The highest BCUT2D eigenvalue weighted by Crippen LogP contribution is 2.29. The van der Waals surface area contributed by atoms with Gasteiger partial charge in [0, 0.05) is 36.2 Å². The maximum Gasteiger partial charge on any atom is 0.233 e. The number of rotatable bonds is 6. The Morgan fingerprint density at radius 1 is 1.13 bits per heavy atom. The fourth-order valence-corrected chi connectivity index (χ4v) is 4.53. The number of methoxy groups -OCH3 is 1. The van der Waals surface area contributed by atoms with E-state index < -0.39 is 0 Å². The Morgan fingerprint density at radius 2 is 1.90 bits per heavy atom. The average Bonchev–Trinajstić information content (AvgIpc) is 3.22. The number of hydrogen-bond acceptors (Lipinski definition) is 6. The minimum absolute atomic E-state index is 0.155. The molecule has 0 bridgehead atoms. The van der Waals surface area contributed by atoms with Crippen LogP contribution in [0.4, 0.5) is 0 Å². The van der Waals surface area contributed by atoms with Gasteiger partial charge in [-0.2, -0.15) is 0 Å². The van der Waals surface area contributed by atoms with Crippen molar-refractivity contribution in [3.8, 4) is 22.8 Å². The normalized spacial score (nSPS) is 16.5. The van der Waals surface area contributed by atoms with E-state index in [-0.39, 0.29) is 5.91 Å². The molecule has 1 aromatic carbocycles. The molecule has 2 aromatic heterocycles. The predicted octanol–water partition coefficient (Wildman–Crippen LogP) is 3.83. The zero-order valence-corrected chi connectivity index (χ0v) is 18.0. The minimum Gasteiger partial charge on any atom is -0.497 e. The maximum atomic E-state index is 12.8. The number of carbonyl (C=O) groups excluding carboxylic acids is 1. The Hall–Kier alpha value is -2.87. The van der Waals surface area contributed by atoms with E-state index in [0.717, 1.165) is 36.4 Å². The smallest absolute Gasteiger partial charge is 0.233 e. The second-order valence-corrected chi connectivity index (χ2v) is 8.24. The van der Waals surface area contributed by atoms with Gasteiger partial charge in [0.15, 0.2) is 11.0 Å². The highest BCUT2D eigenvalue weighted by Gasteiger charge is 2.24. The molecule has 1 aliphatic heterocycles. The number of ether oxygens (including phenoxy) is 1. The van der Waals surface area contributed by atoms with Crippen molar-refractivity contribution in [1.82, 2.24) is 24.6 Å². The average molecular weight is 424 g/mol. The minimum atomic E-state index is 0.155. The first-order valence-corrected chi connectivity index (χ1v) is 11.1. The predicted molar refractivity (Wildman–Crippen MR) is 117 cm³/mol. The van der Waals surface area contributed by atoms with Crippen LogP contribution in [-0.4, -0.2) is 56.0 Å². The molecule has 0 aliphatic carbocycles. The molecule has 4 rings (SSSR count). The van der Waals surface area contributed by atoms with Gasteiger partial charge in [-0.3, -0.25) is 14.3 Å². The van der Waals surface area contributed by atoms with Crippen molar-refractivity contribution >= 4 is 17.7 Å². The number of thioether (sulfide) groups is 1. The van der Waals surface area contributed by atoms with E-state index in [9.17, 15) is 4.79 Å². The van der Waals surface area contributed by atoms with Crippen molar-refractivity contribution < 1.29 is 9.53 Å². The van der Waals surface area contributed by atoms with Crippen LogP contribution in [0.3, 0.4) is 0 Å². The van der Waals surface area contributed by atoms with Gasteiger partial charge >= 0.3 is 0 Å². The van der Waals surface area contributed by atoms with Gasteiger partial charge < -0.3 is 9.64 Å². The molecule has 156 valence electrons. The monoisotopic (exact) mass is 423 g/mol. The fraction of sp³-hybridized carbons (Fsp3) is 0.364. The third-order valence-electron chi connectivity index (χ3n) is 5.35. The standard InChI is InChI=1S/C22H25N5O2S/c1-16-5-3-4-14-26(16)20(28)15-30-22-25-24-21(17-10-12-23-13-11-17)27(22)18-6-8-19(29-2)9-7-18/h6-13,16H,3-5,14-15H2,1-2H3/t16-/m0/s1. The molecule has 0 spiro atoms. The third-order valence-corrected chi connectivity index (χ3v) is 6.26. The molecular formula is C22H25N5O2S. The molecule has 1 saturated heterocycles. The van der Waals surface area contributed by atoms with Crippen LogP contribution in [0.5, 0.6) is 5.75 Å².